The van der Waals surface area contributed by atoms with E-state index in [9.17, 15) is 5.11 Å². The van der Waals surface area contributed by atoms with Crippen molar-refractivity contribution in [2.45, 2.75) is 46.1 Å². The molecule has 0 saturated heterocycles. The van der Waals surface area contributed by atoms with Crippen molar-refractivity contribution in [2.75, 3.05) is 0 Å². The summed E-state index contributed by atoms with van der Waals surface area (Å²) in [5.74, 6) is 0. The van der Waals surface area contributed by atoms with Gasteiger partial charge in [-0.05, 0) is 30.9 Å². The van der Waals surface area contributed by atoms with Crippen molar-refractivity contribution < 1.29 is 5.11 Å². The van der Waals surface area contributed by atoms with Crippen LogP contribution in [0.4, 0.5) is 0 Å². The van der Waals surface area contributed by atoms with Crippen LogP contribution in [0, 0.1) is 0 Å². The van der Waals surface area contributed by atoms with Crippen LogP contribution in [0.2, 0.25) is 0 Å². The van der Waals surface area contributed by atoms with E-state index in [1.807, 2.05) is 13.0 Å². The SMILES string of the molecule is C=C/C=C(\C=C(/CCC)C(C)O)CC. The van der Waals surface area contributed by atoms with E-state index in [-0.39, 0.29) is 6.10 Å². The molecule has 0 aliphatic rings. The fraction of sp³-hybridized carbons (Fsp3) is 0.538. The van der Waals surface area contributed by atoms with Crippen LogP contribution in [0.1, 0.15) is 40.0 Å². The average molecular weight is 194 g/mol. The number of hydrogen-bond acceptors (Lipinski definition) is 1. The lowest BCUT2D eigenvalue weighted by atomic mass is 10.0. The van der Waals surface area contributed by atoms with Crippen molar-refractivity contribution in [3.63, 3.8) is 0 Å². The van der Waals surface area contributed by atoms with Crippen LogP contribution in [0.25, 0.3) is 0 Å². The molecule has 0 amide bonds. The minimum Gasteiger partial charge on any atom is -0.389 e. The molecule has 1 atom stereocenters. The van der Waals surface area contributed by atoms with Crippen LogP contribution >= 0.6 is 0 Å². The fourth-order valence-corrected chi connectivity index (χ4v) is 1.35. The molecule has 1 nitrogen and oxygen atoms in total. The third-order valence-corrected chi connectivity index (χ3v) is 2.19. The Kier molecular flexibility index (Phi) is 7.13. The molecule has 0 aromatic heterocycles. The van der Waals surface area contributed by atoms with Gasteiger partial charge in [-0.2, -0.15) is 0 Å². The summed E-state index contributed by atoms with van der Waals surface area (Å²) in [5, 5.41) is 9.53. The van der Waals surface area contributed by atoms with Crippen molar-refractivity contribution in [3.05, 3.63) is 36.0 Å². The van der Waals surface area contributed by atoms with Gasteiger partial charge >= 0.3 is 0 Å². The van der Waals surface area contributed by atoms with Crippen molar-refractivity contribution in [2.24, 2.45) is 0 Å². The first kappa shape index (κ1) is 13.2. The molecule has 0 heterocycles. The minimum atomic E-state index is -0.338. The van der Waals surface area contributed by atoms with Gasteiger partial charge in [-0.3, -0.25) is 0 Å². The van der Waals surface area contributed by atoms with Gasteiger partial charge in [-0.15, -0.1) is 0 Å². The van der Waals surface area contributed by atoms with Crippen LogP contribution in [-0.2, 0) is 0 Å². The summed E-state index contributed by atoms with van der Waals surface area (Å²) in [6.07, 6.45) is 8.56. The zero-order chi connectivity index (χ0) is 11.0. The fourth-order valence-electron chi connectivity index (χ4n) is 1.35. The monoisotopic (exact) mass is 194 g/mol. The van der Waals surface area contributed by atoms with E-state index >= 15 is 0 Å². The molecule has 0 spiro atoms. The largest absolute Gasteiger partial charge is 0.389 e. The van der Waals surface area contributed by atoms with E-state index in [1.54, 1.807) is 6.08 Å². The standard InChI is InChI=1S/C13H22O/c1-5-8-12(7-3)10-13(9-6-2)11(4)14/h5,8,10-11,14H,1,6-7,9H2,2-4H3/b12-8-,13-10+. The Bertz CT molecular complexity index is 221. The lowest BCUT2D eigenvalue weighted by Crippen LogP contribution is -2.04. The van der Waals surface area contributed by atoms with Gasteiger partial charge in [-0.1, -0.05) is 45.1 Å². The number of aliphatic hydroxyl groups excluding tert-OH is 1. The van der Waals surface area contributed by atoms with E-state index in [4.69, 9.17) is 0 Å². The Hall–Kier alpha value is -0.820. The predicted octanol–water partition coefficient (Wildman–Crippen LogP) is 3.62. The molecule has 14 heavy (non-hydrogen) atoms. The zero-order valence-electron chi connectivity index (χ0n) is 9.59. The lowest BCUT2D eigenvalue weighted by Gasteiger charge is -2.10. The quantitative estimate of drug-likeness (QED) is 0.640. The topological polar surface area (TPSA) is 20.2 Å². The molecule has 0 bridgehead atoms. The van der Waals surface area contributed by atoms with Gasteiger partial charge in [0.1, 0.15) is 0 Å². The summed E-state index contributed by atoms with van der Waals surface area (Å²) < 4.78 is 0. The summed E-state index contributed by atoms with van der Waals surface area (Å²) in [6.45, 7) is 9.73. The molecular formula is C13H22O. The Labute approximate surface area is 87.8 Å². The van der Waals surface area contributed by atoms with Crippen LogP contribution < -0.4 is 0 Å². The zero-order valence-corrected chi connectivity index (χ0v) is 9.59. The maximum absolute atomic E-state index is 9.53. The highest BCUT2D eigenvalue weighted by Gasteiger charge is 2.03. The van der Waals surface area contributed by atoms with Gasteiger partial charge in [0.25, 0.3) is 0 Å². The van der Waals surface area contributed by atoms with E-state index < -0.39 is 0 Å². The molecule has 1 unspecified atom stereocenters. The van der Waals surface area contributed by atoms with E-state index in [0.29, 0.717) is 0 Å². The van der Waals surface area contributed by atoms with E-state index in [2.05, 4.69) is 26.5 Å². The molecule has 0 rings (SSSR count). The van der Waals surface area contributed by atoms with E-state index in [0.717, 1.165) is 24.8 Å². The van der Waals surface area contributed by atoms with Gasteiger partial charge in [0.15, 0.2) is 0 Å². The molecule has 0 aliphatic heterocycles. The molecule has 0 fully saturated rings. The Balaban J connectivity index is 4.68. The number of rotatable bonds is 6. The number of aliphatic hydroxyl groups is 1. The summed E-state index contributed by atoms with van der Waals surface area (Å²) in [4.78, 5) is 0. The highest BCUT2D eigenvalue weighted by atomic mass is 16.3. The van der Waals surface area contributed by atoms with Crippen molar-refractivity contribution in [1.82, 2.24) is 0 Å². The minimum absolute atomic E-state index is 0.338. The summed E-state index contributed by atoms with van der Waals surface area (Å²) in [6, 6.07) is 0. The lowest BCUT2D eigenvalue weighted by molar-refractivity contribution is 0.226. The Morgan fingerprint density at radius 1 is 1.43 bits per heavy atom. The average Bonchev–Trinajstić information content (AvgIpc) is 2.15. The highest BCUT2D eigenvalue weighted by molar-refractivity contribution is 5.27. The Morgan fingerprint density at radius 2 is 2.07 bits per heavy atom. The number of hydrogen-bond donors (Lipinski definition) is 1. The van der Waals surface area contributed by atoms with Gasteiger partial charge in [0.2, 0.25) is 0 Å². The second kappa shape index (κ2) is 7.57. The van der Waals surface area contributed by atoms with Crippen LogP contribution in [0.15, 0.2) is 36.0 Å². The van der Waals surface area contributed by atoms with Crippen LogP contribution in [-0.4, -0.2) is 11.2 Å². The van der Waals surface area contributed by atoms with Crippen molar-refractivity contribution in [1.29, 1.82) is 0 Å². The van der Waals surface area contributed by atoms with Gasteiger partial charge in [0.05, 0.1) is 6.10 Å². The second-order valence-corrected chi connectivity index (χ2v) is 3.48. The molecule has 0 radical (unpaired) electrons. The molecule has 0 aliphatic carbocycles. The van der Waals surface area contributed by atoms with Crippen LogP contribution in [0.3, 0.4) is 0 Å². The molecule has 0 aromatic rings. The van der Waals surface area contributed by atoms with E-state index in [1.165, 1.54) is 5.57 Å². The molecule has 1 N–H and O–H groups in total. The molecule has 0 aromatic carbocycles. The van der Waals surface area contributed by atoms with Crippen molar-refractivity contribution in [3.8, 4) is 0 Å². The molecule has 1 heteroatoms. The molecule has 80 valence electrons. The normalized spacial score (nSPS) is 15.4. The first-order valence-corrected chi connectivity index (χ1v) is 5.35. The van der Waals surface area contributed by atoms with Gasteiger partial charge < -0.3 is 5.11 Å². The summed E-state index contributed by atoms with van der Waals surface area (Å²) in [5.41, 5.74) is 2.34. The first-order chi connectivity index (χ1) is 6.65. The molecular weight excluding hydrogens is 172 g/mol. The third kappa shape index (κ3) is 5.03. The van der Waals surface area contributed by atoms with Crippen LogP contribution in [0.5, 0.6) is 0 Å². The van der Waals surface area contributed by atoms with Gasteiger partial charge in [0, 0.05) is 0 Å². The third-order valence-electron chi connectivity index (χ3n) is 2.19. The molecule has 0 saturated carbocycles. The smallest absolute Gasteiger partial charge is 0.0725 e. The first-order valence-electron chi connectivity index (χ1n) is 5.35. The Morgan fingerprint density at radius 3 is 2.43 bits per heavy atom. The predicted molar refractivity (Wildman–Crippen MR) is 63.2 cm³/mol. The second-order valence-electron chi connectivity index (χ2n) is 3.48. The maximum atomic E-state index is 9.53. The highest BCUT2D eigenvalue weighted by Crippen LogP contribution is 2.15. The maximum Gasteiger partial charge on any atom is 0.0725 e. The van der Waals surface area contributed by atoms with Crippen molar-refractivity contribution >= 4 is 0 Å². The van der Waals surface area contributed by atoms with Gasteiger partial charge in [-0.25, -0.2) is 0 Å². The number of allylic oxidation sites excluding steroid dienone is 4. The summed E-state index contributed by atoms with van der Waals surface area (Å²) >= 11 is 0. The summed E-state index contributed by atoms with van der Waals surface area (Å²) in [7, 11) is 0.